The molecule has 0 bridgehead atoms. The van der Waals surface area contributed by atoms with Gasteiger partial charge >= 0.3 is 0 Å². The topological polar surface area (TPSA) is 109 Å². The van der Waals surface area contributed by atoms with E-state index in [4.69, 9.17) is 24.0 Å². The van der Waals surface area contributed by atoms with E-state index in [9.17, 15) is 13.2 Å². The lowest BCUT2D eigenvalue weighted by molar-refractivity contribution is -0.159. The summed E-state index contributed by atoms with van der Waals surface area (Å²) in [6, 6.07) is 5.10. The van der Waals surface area contributed by atoms with Crippen LogP contribution in [0.15, 0.2) is 33.9 Å². The molecule has 222 valence electrons. The van der Waals surface area contributed by atoms with Crippen molar-refractivity contribution >= 4 is 74.2 Å². The SMILES string of the molecule is BC(B)(B)OCC1(N(C(=O)c2nn(-c3ccsc3)c3c2COc2cc(OC)c(S(=O)(=O)C(C)C)cc2-3)C(B)(B)B)COC1. The van der Waals surface area contributed by atoms with Crippen molar-refractivity contribution in [2.24, 2.45) is 0 Å². The fourth-order valence-electron chi connectivity index (χ4n) is 5.53. The molecule has 0 aliphatic carbocycles. The second-order valence-corrected chi connectivity index (χ2v) is 16.6. The molecule has 0 N–H and O–H groups in total. The van der Waals surface area contributed by atoms with Gasteiger partial charge in [0.25, 0.3) is 5.91 Å². The van der Waals surface area contributed by atoms with Crippen molar-refractivity contribution in [3.05, 3.63) is 40.2 Å². The minimum Gasteiger partial charge on any atom is -0.495 e. The first kappa shape index (κ1) is 31.9. The highest BCUT2D eigenvalue weighted by Gasteiger charge is 2.52. The summed E-state index contributed by atoms with van der Waals surface area (Å²) in [6.07, 6.45) is 0. The third kappa shape index (κ3) is 5.71. The minimum atomic E-state index is -3.71. The third-order valence-corrected chi connectivity index (χ3v) is 10.5. The van der Waals surface area contributed by atoms with Crippen LogP contribution in [0.5, 0.6) is 11.5 Å². The van der Waals surface area contributed by atoms with Crippen LogP contribution in [0.2, 0.25) is 0 Å². The second-order valence-electron chi connectivity index (χ2n) is 13.4. The number of aromatic nitrogens is 2. The summed E-state index contributed by atoms with van der Waals surface area (Å²) in [5.74, 6) is 0.394. The molecule has 2 aliphatic heterocycles. The molecule has 3 aromatic rings. The molecule has 0 spiro atoms. The average molecular weight is 619 g/mol. The minimum absolute atomic E-state index is 0.0624. The van der Waals surface area contributed by atoms with Gasteiger partial charge in [0.15, 0.2) is 15.5 Å². The van der Waals surface area contributed by atoms with Crippen LogP contribution in [-0.2, 0) is 25.9 Å². The maximum absolute atomic E-state index is 14.7. The predicted molar refractivity (Wildman–Crippen MR) is 182 cm³/mol. The molecule has 1 saturated heterocycles. The summed E-state index contributed by atoms with van der Waals surface area (Å²) in [5.41, 5.74) is 2.05. The largest absolute Gasteiger partial charge is 0.495 e. The summed E-state index contributed by atoms with van der Waals surface area (Å²) in [7, 11) is 9.66. The number of carbonyl (C=O) groups excluding carboxylic acids is 1. The highest BCUT2D eigenvalue weighted by atomic mass is 32.2. The molecule has 2 aliphatic rings. The predicted octanol–water partition coefficient (Wildman–Crippen LogP) is -3.07. The molecule has 4 heterocycles. The monoisotopic (exact) mass is 619 g/mol. The van der Waals surface area contributed by atoms with E-state index in [1.54, 1.807) is 30.7 Å². The number of methoxy groups -OCH3 is 1. The third-order valence-electron chi connectivity index (χ3n) is 7.62. The summed E-state index contributed by atoms with van der Waals surface area (Å²) < 4.78 is 52.1. The Kier molecular flexibility index (Phi) is 8.24. The van der Waals surface area contributed by atoms with E-state index in [1.807, 2.05) is 68.8 Å². The van der Waals surface area contributed by atoms with E-state index in [-0.39, 0.29) is 28.9 Å². The number of fused-ring (bicyclic) bond motifs is 3. The van der Waals surface area contributed by atoms with Crippen molar-refractivity contribution < 1.29 is 32.2 Å². The molecule has 43 heavy (non-hydrogen) atoms. The molecule has 0 radical (unpaired) electrons. The normalized spacial score (nSPS) is 16.1. The van der Waals surface area contributed by atoms with E-state index in [1.165, 1.54) is 18.4 Å². The van der Waals surface area contributed by atoms with Gasteiger partial charge in [0, 0.05) is 22.6 Å². The van der Waals surface area contributed by atoms with Crippen LogP contribution in [0.3, 0.4) is 0 Å². The van der Waals surface area contributed by atoms with Gasteiger partial charge in [-0.1, -0.05) is 0 Å². The highest BCUT2D eigenvalue weighted by Crippen LogP contribution is 2.46. The zero-order valence-electron chi connectivity index (χ0n) is 26.3. The van der Waals surface area contributed by atoms with Gasteiger partial charge in [-0.05, 0) is 41.9 Å². The Morgan fingerprint density at radius 3 is 2.42 bits per heavy atom. The van der Waals surface area contributed by atoms with Gasteiger partial charge < -0.3 is 23.8 Å². The summed E-state index contributed by atoms with van der Waals surface area (Å²) in [4.78, 5) is 16.6. The quantitative estimate of drug-likeness (QED) is 0.221. The van der Waals surface area contributed by atoms with Crippen molar-refractivity contribution in [3.63, 3.8) is 0 Å². The Balaban J connectivity index is 1.71. The van der Waals surface area contributed by atoms with Crippen LogP contribution < -0.4 is 9.47 Å². The van der Waals surface area contributed by atoms with Crippen molar-refractivity contribution in [2.75, 3.05) is 26.9 Å². The zero-order valence-corrected chi connectivity index (χ0v) is 27.9. The lowest BCUT2D eigenvalue weighted by Crippen LogP contribution is -2.74. The molecule has 1 fully saturated rings. The van der Waals surface area contributed by atoms with Gasteiger partial charge in [-0.3, -0.25) is 4.79 Å². The Bertz CT molecular complexity index is 1650. The molecule has 0 atom stereocenters. The summed E-state index contributed by atoms with van der Waals surface area (Å²) in [5, 5.41) is 7.11. The van der Waals surface area contributed by atoms with Crippen molar-refractivity contribution in [2.45, 2.75) is 46.7 Å². The van der Waals surface area contributed by atoms with Crippen LogP contribution in [0.4, 0.5) is 0 Å². The first-order valence-electron chi connectivity index (χ1n) is 14.3. The van der Waals surface area contributed by atoms with Gasteiger partial charge in [-0.25, -0.2) is 13.1 Å². The fourth-order valence-corrected chi connectivity index (χ4v) is 7.36. The molecule has 0 saturated carbocycles. The van der Waals surface area contributed by atoms with Crippen molar-refractivity contribution in [1.29, 1.82) is 0 Å². The van der Waals surface area contributed by atoms with Crippen LogP contribution in [0.1, 0.15) is 29.9 Å². The number of carbonyl (C=O) groups is 1. The summed E-state index contributed by atoms with van der Waals surface area (Å²) in [6.45, 7) is 4.33. The molecule has 1 amide bonds. The summed E-state index contributed by atoms with van der Waals surface area (Å²) >= 11 is 1.50. The number of hydrogen-bond acceptors (Lipinski definition) is 9. The van der Waals surface area contributed by atoms with E-state index >= 15 is 0 Å². The molecule has 18 heteroatoms. The molecule has 1 aromatic carbocycles. The molecule has 0 unspecified atom stereocenters. The van der Waals surface area contributed by atoms with Gasteiger partial charge in [0.2, 0.25) is 0 Å². The van der Waals surface area contributed by atoms with Gasteiger partial charge in [0.05, 0.1) is 43.6 Å². The van der Waals surface area contributed by atoms with Gasteiger partial charge in [-0.15, -0.1) is 0 Å². The van der Waals surface area contributed by atoms with E-state index in [2.05, 4.69) is 0 Å². The number of benzene rings is 1. The lowest BCUT2D eigenvalue weighted by atomic mass is 9.47. The standard InChI is InChI=1S/C25H35B6N3O7S2/c1-13(2)43(36,37)19-6-15-17(7-18(19)38-3)40-8-16-20(32-33(21(15)16)14-4-5-42-9-14)22(35)34(24(26,27)28)23(10-39-11-23)12-41-25(29,30)31/h4-7,9,13H,8,10-12,26-31H2,1-3H3. The van der Waals surface area contributed by atoms with Crippen LogP contribution >= 0.6 is 11.3 Å². The smallest absolute Gasteiger partial charge is 0.274 e. The van der Waals surface area contributed by atoms with Crippen molar-refractivity contribution in [1.82, 2.24) is 14.7 Å². The average Bonchev–Trinajstić information content (AvgIpc) is 3.55. The first-order chi connectivity index (χ1) is 20.0. The number of amides is 1. The Morgan fingerprint density at radius 2 is 1.91 bits per heavy atom. The van der Waals surface area contributed by atoms with Gasteiger partial charge in [-0.2, -0.15) is 16.4 Å². The number of rotatable bonds is 10. The number of nitrogens with zero attached hydrogens (tertiary/aromatic N) is 3. The maximum Gasteiger partial charge on any atom is 0.274 e. The van der Waals surface area contributed by atoms with E-state index in [0.717, 1.165) is 5.69 Å². The molecule has 5 rings (SSSR count). The number of ether oxygens (including phenoxy) is 4. The Morgan fingerprint density at radius 1 is 1.21 bits per heavy atom. The second kappa shape index (κ2) is 11.1. The number of thiophene rings is 1. The van der Waals surface area contributed by atoms with Crippen molar-refractivity contribution in [3.8, 4) is 28.4 Å². The highest BCUT2D eigenvalue weighted by molar-refractivity contribution is 7.92. The Labute approximate surface area is 262 Å². The first-order valence-corrected chi connectivity index (χ1v) is 16.8. The van der Waals surface area contributed by atoms with Gasteiger partial charge in [0.1, 0.15) is 75.6 Å². The Hall–Kier alpha value is -2.54. The number of hydrogen-bond donors (Lipinski definition) is 0. The fraction of sp³-hybridized carbons (Fsp3) is 0.440. The van der Waals surface area contributed by atoms with Crippen LogP contribution in [-0.4, -0.2) is 124 Å². The molecular formula is C25H35B6N3O7S2. The lowest BCUT2D eigenvalue weighted by Gasteiger charge is -2.55. The van der Waals surface area contributed by atoms with Crippen LogP contribution in [0, 0.1) is 0 Å². The van der Waals surface area contributed by atoms with Crippen LogP contribution in [0.25, 0.3) is 16.9 Å². The molecular weight excluding hydrogens is 583 g/mol. The molecule has 2 aromatic heterocycles. The van der Waals surface area contributed by atoms with E-state index < -0.39 is 31.2 Å². The molecule has 10 nitrogen and oxygen atoms in total. The zero-order chi connectivity index (χ0) is 31.5. The van der Waals surface area contributed by atoms with E-state index in [0.29, 0.717) is 42.4 Å². The number of sulfone groups is 1. The maximum atomic E-state index is 14.7.